The fourth-order valence-corrected chi connectivity index (χ4v) is 2.50. The maximum absolute atomic E-state index is 11.0. The Morgan fingerprint density at radius 3 is 3.00 bits per heavy atom. The molecule has 1 aliphatic rings. The summed E-state index contributed by atoms with van der Waals surface area (Å²) in [5, 5.41) is 21.0. The van der Waals surface area contributed by atoms with Crippen LogP contribution >= 0.6 is 11.6 Å². The fourth-order valence-electron chi connectivity index (χ4n) is 2.27. The summed E-state index contributed by atoms with van der Waals surface area (Å²) in [6, 6.07) is 4.70. The number of hydrogen-bond donors (Lipinski definition) is 1. The van der Waals surface area contributed by atoms with E-state index in [1.54, 1.807) is 12.1 Å². The molecule has 5 nitrogen and oxygen atoms in total. The Kier molecular flexibility index (Phi) is 4.16. The molecule has 1 aromatic rings. The SMILES string of the molecule is O=[N+]([O-])c1cccc(Cl)c1CN1CCCC(O)C1. The molecule has 0 radical (unpaired) electrons. The largest absolute Gasteiger partial charge is 0.392 e. The van der Waals surface area contributed by atoms with E-state index in [4.69, 9.17) is 11.6 Å². The second-order valence-electron chi connectivity index (χ2n) is 4.53. The van der Waals surface area contributed by atoms with Crippen LogP contribution in [-0.4, -0.2) is 34.1 Å². The molecule has 1 unspecified atom stereocenters. The van der Waals surface area contributed by atoms with Crippen LogP contribution in [-0.2, 0) is 6.54 Å². The number of benzene rings is 1. The average molecular weight is 271 g/mol. The van der Waals surface area contributed by atoms with Crippen molar-refractivity contribution in [3.63, 3.8) is 0 Å². The Hall–Kier alpha value is -1.17. The molecule has 0 aromatic heterocycles. The van der Waals surface area contributed by atoms with Crippen LogP contribution in [0.5, 0.6) is 0 Å². The molecule has 1 saturated heterocycles. The van der Waals surface area contributed by atoms with Crippen molar-refractivity contribution in [2.45, 2.75) is 25.5 Å². The van der Waals surface area contributed by atoms with Gasteiger partial charge in [0.25, 0.3) is 5.69 Å². The summed E-state index contributed by atoms with van der Waals surface area (Å²) in [6.07, 6.45) is 1.35. The van der Waals surface area contributed by atoms with E-state index in [1.807, 2.05) is 4.90 Å². The van der Waals surface area contributed by atoms with Crippen molar-refractivity contribution >= 4 is 17.3 Å². The highest BCUT2D eigenvalue weighted by Gasteiger charge is 2.23. The molecular formula is C12H15ClN2O3. The third-order valence-corrected chi connectivity index (χ3v) is 3.51. The molecule has 98 valence electrons. The standard InChI is InChI=1S/C12H15ClN2O3/c13-11-4-1-5-12(15(17)18)10(11)8-14-6-2-3-9(16)7-14/h1,4-5,9,16H,2-3,6-8H2. The molecule has 6 heteroatoms. The van der Waals surface area contributed by atoms with Crippen molar-refractivity contribution in [3.05, 3.63) is 38.9 Å². The van der Waals surface area contributed by atoms with Crippen LogP contribution in [0.25, 0.3) is 0 Å². The van der Waals surface area contributed by atoms with Gasteiger partial charge in [-0.3, -0.25) is 15.0 Å². The smallest absolute Gasteiger partial charge is 0.275 e. The molecule has 0 spiro atoms. The average Bonchev–Trinajstić information content (AvgIpc) is 2.31. The van der Waals surface area contributed by atoms with Crippen molar-refractivity contribution in [2.75, 3.05) is 13.1 Å². The van der Waals surface area contributed by atoms with Gasteiger partial charge in [0, 0.05) is 19.2 Å². The lowest BCUT2D eigenvalue weighted by Gasteiger charge is -2.30. The Labute approximate surface area is 110 Å². The van der Waals surface area contributed by atoms with Gasteiger partial charge in [-0.05, 0) is 25.5 Å². The van der Waals surface area contributed by atoms with Gasteiger partial charge in [0.15, 0.2) is 0 Å². The van der Waals surface area contributed by atoms with Gasteiger partial charge >= 0.3 is 0 Å². The van der Waals surface area contributed by atoms with Crippen LogP contribution in [0.3, 0.4) is 0 Å². The monoisotopic (exact) mass is 270 g/mol. The van der Waals surface area contributed by atoms with E-state index in [0.29, 0.717) is 23.7 Å². The number of likely N-dealkylation sites (tertiary alicyclic amines) is 1. The van der Waals surface area contributed by atoms with E-state index in [2.05, 4.69) is 0 Å². The van der Waals surface area contributed by atoms with Crippen molar-refractivity contribution in [1.29, 1.82) is 0 Å². The Bertz CT molecular complexity index is 453. The zero-order valence-corrected chi connectivity index (χ0v) is 10.6. The molecule has 1 N–H and O–H groups in total. The number of rotatable bonds is 3. The molecule has 18 heavy (non-hydrogen) atoms. The normalized spacial score (nSPS) is 20.9. The van der Waals surface area contributed by atoms with Gasteiger partial charge in [0.1, 0.15) is 0 Å². The van der Waals surface area contributed by atoms with Crippen LogP contribution in [0.15, 0.2) is 18.2 Å². The van der Waals surface area contributed by atoms with Crippen molar-refractivity contribution < 1.29 is 10.0 Å². The Morgan fingerprint density at radius 1 is 1.56 bits per heavy atom. The lowest BCUT2D eigenvalue weighted by Crippen LogP contribution is -2.37. The number of hydrogen-bond acceptors (Lipinski definition) is 4. The molecular weight excluding hydrogens is 256 g/mol. The second kappa shape index (κ2) is 5.65. The van der Waals surface area contributed by atoms with E-state index in [0.717, 1.165) is 19.4 Å². The molecule has 1 fully saturated rings. The zero-order chi connectivity index (χ0) is 13.1. The predicted molar refractivity (Wildman–Crippen MR) is 68.6 cm³/mol. The third-order valence-electron chi connectivity index (χ3n) is 3.15. The Balaban J connectivity index is 2.20. The minimum Gasteiger partial charge on any atom is -0.392 e. The summed E-state index contributed by atoms with van der Waals surface area (Å²) < 4.78 is 0. The topological polar surface area (TPSA) is 66.6 Å². The number of β-amino-alcohol motifs (C(OH)–C–C–N with tert-alkyl or cyclic N) is 1. The predicted octanol–water partition coefficient (Wildman–Crippen LogP) is 2.20. The fraction of sp³-hybridized carbons (Fsp3) is 0.500. The molecule has 2 rings (SSSR count). The highest BCUT2D eigenvalue weighted by atomic mass is 35.5. The number of nitro benzene ring substituents is 1. The van der Waals surface area contributed by atoms with E-state index in [1.165, 1.54) is 6.07 Å². The number of piperidine rings is 1. The molecule has 0 aliphatic carbocycles. The first kappa shape index (κ1) is 13.3. The summed E-state index contributed by atoms with van der Waals surface area (Å²) in [5.74, 6) is 0. The first-order chi connectivity index (χ1) is 8.58. The lowest BCUT2D eigenvalue weighted by atomic mass is 10.1. The molecule has 0 saturated carbocycles. The van der Waals surface area contributed by atoms with Gasteiger partial charge in [-0.2, -0.15) is 0 Å². The van der Waals surface area contributed by atoms with Crippen LogP contribution in [0.1, 0.15) is 18.4 Å². The summed E-state index contributed by atoms with van der Waals surface area (Å²) in [6.45, 7) is 1.79. The van der Waals surface area contributed by atoms with E-state index >= 15 is 0 Å². The van der Waals surface area contributed by atoms with Crippen LogP contribution in [0, 0.1) is 10.1 Å². The van der Waals surface area contributed by atoms with Gasteiger partial charge in [-0.15, -0.1) is 0 Å². The minimum atomic E-state index is -0.415. The molecule has 1 aromatic carbocycles. The maximum Gasteiger partial charge on any atom is 0.275 e. The van der Waals surface area contributed by atoms with Gasteiger partial charge < -0.3 is 5.11 Å². The van der Waals surface area contributed by atoms with Crippen LogP contribution < -0.4 is 0 Å². The summed E-state index contributed by atoms with van der Waals surface area (Å²) in [5.41, 5.74) is 0.570. The highest BCUT2D eigenvalue weighted by Crippen LogP contribution is 2.28. The third kappa shape index (κ3) is 2.98. The van der Waals surface area contributed by atoms with Gasteiger partial charge in [0.2, 0.25) is 0 Å². The second-order valence-corrected chi connectivity index (χ2v) is 4.93. The number of aliphatic hydroxyl groups excluding tert-OH is 1. The van der Waals surface area contributed by atoms with Gasteiger partial charge in [-0.25, -0.2) is 0 Å². The number of aliphatic hydroxyl groups is 1. The van der Waals surface area contributed by atoms with Crippen molar-refractivity contribution in [2.24, 2.45) is 0 Å². The molecule has 1 heterocycles. The first-order valence-electron chi connectivity index (χ1n) is 5.90. The zero-order valence-electron chi connectivity index (χ0n) is 9.88. The van der Waals surface area contributed by atoms with Crippen LogP contribution in [0.2, 0.25) is 5.02 Å². The van der Waals surface area contributed by atoms with E-state index in [-0.39, 0.29) is 11.8 Å². The van der Waals surface area contributed by atoms with E-state index < -0.39 is 4.92 Å². The lowest BCUT2D eigenvalue weighted by molar-refractivity contribution is -0.385. The molecule has 1 aliphatic heterocycles. The number of halogens is 1. The van der Waals surface area contributed by atoms with Crippen molar-refractivity contribution in [3.8, 4) is 0 Å². The summed E-state index contributed by atoms with van der Waals surface area (Å²) >= 11 is 6.04. The Morgan fingerprint density at radius 2 is 2.33 bits per heavy atom. The quantitative estimate of drug-likeness (QED) is 0.675. The molecule has 0 amide bonds. The van der Waals surface area contributed by atoms with Crippen LogP contribution in [0.4, 0.5) is 5.69 Å². The van der Waals surface area contributed by atoms with Gasteiger partial charge in [0.05, 0.1) is 21.6 Å². The maximum atomic E-state index is 11.0. The minimum absolute atomic E-state index is 0.0440. The van der Waals surface area contributed by atoms with E-state index in [9.17, 15) is 15.2 Å². The van der Waals surface area contributed by atoms with Crippen molar-refractivity contribution in [1.82, 2.24) is 4.90 Å². The number of nitrogens with zero attached hydrogens (tertiary/aromatic N) is 2. The highest BCUT2D eigenvalue weighted by molar-refractivity contribution is 6.31. The van der Waals surface area contributed by atoms with Gasteiger partial charge in [-0.1, -0.05) is 17.7 Å². The first-order valence-corrected chi connectivity index (χ1v) is 6.28. The molecule has 0 bridgehead atoms. The molecule has 1 atom stereocenters. The number of nitro groups is 1. The summed E-state index contributed by atoms with van der Waals surface area (Å²) in [4.78, 5) is 12.5. The summed E-state index contributed by atoms with van der Waals surface area (Å²) in [7, 11) is 0.